The molecule has 0 aliphatic rings. The summed E-state index contributed by atoms with van der Waals surface area (Å²) >= 11 is 0. The number of esters is 1. The van der Waals surface area contributed by atoms with E-state index in [2.05, 4.69) is 19.8 Å². The molecule has 6 heteroatoms. The van der Waals surface area contributed by atoms with Gasteiger partial charge in [-0.1, -0.05) is 0 Å². The van der Waals surface area contributed by atoms with Gasteiger partial charge in [0, 0.05) is 24.2 Å². The van der Waals surface area contributed by atoms with Crippen LogP contribution in [0.25, 0.3) is 17.0 Å². The first-order valence-electron chi connectivity index (χ1n) is 5.63. The second-order valence-electron chi connectivity index (χ2n) is 3.88. The molecule has 3 rings (SSSR count). The van der Waals surface area contributed by atoms with Crippen LogP contribution in [0.15, 0.2) is 42.9 Å². The van der Waals surface area contributed by atoms with Crippen LogP contribution in [0, 0.1) is 0 Å². The molecule has 0 fully saturated rings. The van der Waals surface area contributed by atoms with Crippen LogP contribution in [0.5, 0.6) is 0 Å². The first kappa shape index (κ1) is 11.3. The minimum absolute atomic E-state index is 0.400. The topological polar surface area (TPSA) is 69.4 Å². The van der Waals surface area contributed by atoms with Crippen LogP contribution < -0.4 is 0 Å². The fourth-order valence-corrected chi connectivity index (χ4v) is 1.74. The number of hydrogen-bond donors (Lipinski definition) is 0. The van der Waals surface area contributed by atoms with Crippen molar-refractivity contribution in [3.8, 4) is 11.4 Å². The standard InChI is InChI=1S/C13H10N4O2/c1-19-13(18)10-2-3-11-15-12(16-17(11)8-10)9-4-6-14-7-5-9/h2-8H,1H3. The molecule has 0 saturated heterocycles. The number of nitrogens with zero attached hydrogens (tertiary/aromatic N) is 4. The fourth-order valence-electron chi connectivity index (χ4n) is 1.74. The zero-order valence-electron chi connectivity index (χ0n) is 10.1. The van der Waals surface area contributed by atoms with Crippen molar-refractivity contribution < 1.29 is 9.53 Å². The first-order chi connectivity index (χ1) is 9.28. The van der Waals surface area contributed by atoms with E-state index in [0.29, 0.717) is 17.0 Å². The molecule has 3 heterocycles. The third kappa shape index (κ3) is 2.03. The lowest BCUT2D eigenvalue weighted by molar-refractivity contribution is 0.0600. The van der Waals surface area contributed by atoms with Crippen molar-refractivity contribution in [3.63, 3.8) is 0 Å². The Balaban J connectivity index is 2.09. The molecule has 0 aliphatic heterocycles. The number of fused-ring (bicyclic) bond motifs is 1. The van der Waals surface area contributed by atoms with Crippen LogP contribution in [-0.2, 0) is 4.74 Å². The molecule has 0 unspecified atom stereocenters. The van der Waals surface area contributed by atoms with E-state index in [-0.39, 0.29) is 0 Å². The van der Waals surface area contributed by atoms with E-state index in [4.69, 9.17) is 0 Å². The van der Waals surface area contributed by atoms with Crippen molar-refractivity contribution in [2.75, 3.05) is 7.11 Å². The molecule has 19 heavy (non-hydrogen) atoms. The largest absolute Gasteiger partial charge is 0.465 e. The molecular formula is C13H10N4O2. The summed E-state index contributed by atoms with van der Waals surface area (Å²) in [5.74, 6) is 0.187. The molecule has 0 atom stereocenters. The van der Waals surface area contributed by atoms with Gasteiger partial charge >= 0.3 is 5.97 Å². The van der Waals surface area contributed by atoms with Crippen LogP contribution in [-0.4, -0.2) is 32.7 Å². The summed E-state index contributed by atoms with van der Waals surface area (Å²) in [7, 11) is 1.34. The minimum atomic E-state index is -0.400. The Morgan fingerprint density at radius 2 is 2.00 bits per heavy atom. The van der Waals surface area contributed by atoms with E-state index in [1.165, 1.54) is 7.11 Å². The highest BCUT2D eigenvalue weighted by molar-refractivity contribution is 5.89. The number of hydrogen-bond acceptors (Lipinski definition) is 5. The molecule has 0 saturated carbocycles. The Kier molecular flexibility index (Phi) is 2.68. The molecule has 0 aliphatic carbocycles. The zero-order valence-corrected chi connectivity index (χ0v) is 10.1. The number of carbonyl (C=O) groups excluding carboxylic acids is 1. The number of ether oxygens (including phenoxy) is 1. The second kappa shape index (κ2) is 4.49. The van der Waals surface area contributed by atoms with E-state index in [9.17, 15) is 4.79 Å². The van der Waals surface area contributed by atoms with E-state index >= 15 is 0 Å². The van der Waals surface area contributed by atoms with E-state index in [1.54, 1.807) is 35.2 Å². The maximum Gasteiger partial charge on any atom is 0.339 e. The molecule has 0 aromatic carbocycles. The van der Waals surface area contributed by atoms with Gasteiger partial charge in [-0.3, -0.25) is 4.98 Å². The molecule has 0 amide bonds. The summed E-state index contributed by atoms with van der Waals surface area (Å²) in [6, 6.07) is 7.04. The normalized spacial score (nSPS) is 10.6. The van der Waals surface area contributed by atoms with E-state index in [0.717, 1.165) is 5.56 Å². The summed E-state index contributed by atoms with van der Waals surface area (Å²) in [6.45, 7) is 0. The Hall–Kier alpha value is -2.76. The average Bonchev–Trinajstić information content (AvgIpc) is 2.90. The highest BCUT2D eigenvalue weighted by atomic mass is 16.5. The lowest BCUT2D eigenvalue weighted by atomic mass is 10.2. The Labute approximate surface area is 108 Å². The van der Waals surface area contributed by atoms with Gasteiger partial charge in [0.1, 0.15) is 0 Å². The molecule has 0 spiro atoms. The average molecular weight is 254 g/mol. The minimum Gasteiger partial charge on any atom is -0.465 e. The molecule has 3 aromatic heterocycles. The summed E-state index contributed by atoms with van der Waals surface area (Å²) in [5, 5.41) is 4.33. The quantitative estimate of drug-likeness (QED) is 0.649. The summed E-state index contributed by atoms with van der Waals surface area (Å²) in [4.78, 5) is 19.8. The fraction of sp³-hybridized carbons (Fsp3) is 0.0769. The smallest absolute Gasteiger partial charge is 0.339 e. The molecular weight excluding hydrogens is 244 g/mol. The third-order valence-corrected chi connectivity index (χ3v) is 2.69. The summed E-state index contributed by atoms with van der Waals surface area (Å²) in [6.07, 6.45) is 4.96. The number of rotatable bonds is 2. The number of aromatic nitrogens is 4. The molecule has 0 radical (unpaired) electrons. The van der Waals surface area contributed by atoms with Crippen LogP contribution in [0.2, 0.25) is 0 Å². The highest BCUT2D eigenvalue weighted by Crippen LogP contribution is 2.15. The van der Waals surface area contributed by atoms with Gasteiger partial charge in [0.05, 0.1) is 12.7 Å². The molecule has 6 nitrogen and oxygen atoms in total. The number of methoxy groups -OCH3 is 1. The second-order valence-corrected chi connectivity index (χ2v) is 3.88. The predicted molar refractivity (Wildman–Crippen MR) is 67.6 cm³/mol. The Morgan fingerprint density at radius 3 is 2.74 bits per heavy atom. The van der Waals surface area contributed by atoms with Gasteiger partial charge < -0.3 is 4.74 Å². The summed E-state index contributed by atoms with van der Waals surface area (Å²) < 4.78 is 6.23. The van der Waals surface area contributed by atoms with Crippen LogP contribution in [0.3, 0.4) is 0 Å². The van der Waals surface area contributed by atoms with Crippen LogP contribution >= 0.6 is 0 Å². The van der Waals surface area contributed by atoms with Gasteiger partial charge in [-0.05, 0) is 24.3 Å². The van der Waals surface area contributed by atoms with Gasteiger partial charge in [0.15, 0.2) is 11.5 Å². The lowest BCUT2D eigenvalue weighted by Gasteiger charge is -1.98. The van der Waals surface area contributed by atoms with Gasteiger partial charge in [-0.2, -0.15) is 0 Å². The van der Waals surface area contributed by atoms with Gasteiger partial charge in [-0.25, -0.2) is 14.3 Å². The Morgan fingerprint density at radius 1 is 1.21 bits per heavy atom. The molecule has 0 bridgehead atoms. The van der Waals surface area contributed by atoms with Crippen molar-refractivity contribution in [2.45, 2.75) is 0 Å². The lowest BCUT2D eigenvalue weighted by Crippen LogP contribution is -2.03. The maximum absolute atomic E-state index is 11.4. The number of carbonyl (C=O) groups is 1. The molecule has 0 N–H and O–H groups in total. The van der Waals surface area contributed by atoms with Crippen LogP contribution in [0.1, 0.15) is 10.4 Å². The first-order valence-corrected chi connectivity index (χ1v) is 5.63. The van der Waals surface area contributed by atoms with Crippen molar-refractivity contribution in [3.05, 3.63) is 48.4 Å². The third-order valence-electron chi connectivity index (χ3n) is 2.69. The maximum atomic E-state index is 11.4. The monoisotopic (exact) mass is 254 g/mol. The Bertz CT molecular complexity index is 737. The van der Waals surface area contributed by atoms with Gasteiger partial charge in [0.25, 0.3) is 0 Å². The van der Waals surface area contributed by atoms with Crippen LogP contribution in [0.4, 0.5) is 0 Å². The predicted octanol–water partition coefficient (Wildman–Crippen LogP) is 1.58. The zero-order chi connectivity index (χ0) is 13.2. The number of pyridine rings is 2. The van der Waals surface area contributed by atoms with Crippen molar-refractivity contribution >= 4 is 11.6 Å². The van der Waals surface area contributed by atoms with Crippen molar-refractivity contribution in [2.24, 2.45) is 0 Å². The summed E-state index contributed by atoms with van der Waals surface area (Å²) in [5.41, 5.74) is 1.97. The molecule has 94 valence electrons. The van der Waals surface area contributed by atoms with Gasteiger partial charge in [0.2, 0.25) is 0 Å². The van der Waals surface area contributed by atoms with Gasteiger partial charge in [-0.15, -0.1) is 5.10 Å². The van der Waals surface area contributed by atoms with Crippen molar-refractivity contribution in [1.82, 2.24) is 19.6 Å². The highest BCUT2D eigenvalue weighted by Gasteiger charge is 2.10. The van der Waals surface area contributed by atoms with E-state index < -0.39 is 5.97 Å². The van der Waals surface area contributed by atoms with Crippen molar-refractivity contribution in [1.29, 1.82) is 0 Å². The SMILES string of the molecule is COC(=O)c1ccc2nc(-c3ccncc3)nn2c1. The molecule has 3 aromatic rings. The van der Waals surface area contributed by atoms with E-state index in [1.807, 2.05) is 12.1 Å².